The van der Waals surface area contributed by atoms with Gasteiger partial charge in [0.2, 0.25) is 0 Å². The topological polar surface area (TPSA) is 39.7 Å². The van der Waals surface area contributed by atoms with E-state index in [0.717, 1.165) is 58.8 Å². The predicted octanol–water partition coefficient (Wildman–Crippen LogP) is 1.59. The van der Waals surface area contributed by atoms with Crippen molar-refractivity contribution < 1.29 is 14.2 Å². The lowest BCUT2D eigenvalue weighted by atomic mass is 9.90. The summed E-state index contributed by atoms with van der Waals surface area (Å²) in [5.41, 5.74) is 0.00864. The lowest BCUT2D eigenvalue weighted by Gasteiger charge is -2.37. The molecular formula is C14H27NO3. The molecule has 2 saturated heterocycles. The van der Waals surface area contributed by atoms with Gasteiger partial charge < -0.3 is 19.5 Å². The van der Waals surface area contributed by atoms with Gasteiger partial charge in [0.1, 0.15) is 0 Å². The summed E-state index contributed by atoms with van der Waals surface area (Å²) in [4.78, 5) is 0. The van der Waals surface area contributed by atoms with Gasteiger partial charge in [0.05, 0.1) is 18.8 Å². The van der Waals surface area contributed by atoms with Crippen LogP contribution in [0.25, 0.3) is 0 Å². The first kappa shape index (κ1) is 14.3. The zero-order chi connectivity index (χ0) is 12.8. The molecule has 2 rings (SSSR count). The average molecular weight is 257 g/mol. The van der Waals surface area contributed by atoms with Gasteiger partial charge in [-0.1, -0.05) is 13.8 Å². The van der Waals surface area contributed by atoms with Crippen molar-refractivity contribution in [1.29, 1.82) is 0 Å². The van der Waals surface area contributed by atoms with Crippen molar-refractivity contribution in [1.82, 2.24) is 5.32 Å². The van der Waals surface area contributed by atoms with Crippen LogP contribution in [-0.4, -0.2) is 51.2 Å². The Morgan fingerprint density at radius 1 is 1.39 bits per heavy atom. The summed E-state index contributed by atoms with van der Waals surface area (Å²) in [5, 5.41) is 3.59. The number of nitrogens with one attached hydrogen (secondary N) is 1. The third kappa shape index (κ3) is 4.19. The van der Waals surface area contributed by atoms with Crippen LogP contribution in [-0.2, 0) is 14.2 Å². The zero-order valence-corrected chi connectivity index (χ0v) is 11.7. The maximum absolute atomic E-state index is 5.92. The van der Waals surface area contributed by atoms with Gasteiger partial charge in [0.15, 0.2) is 0 Å². The molecule has 106 valence electrons. The highest BCUT2D eigenvalue weighted by molar-refractivity contribution is 4.92. The summed E-state index contributed by atoms with van der Waals surface area (Å²) in [6, 6.07) is 0.558. The zero-order valence-electron chi connectivity index (χ0n) is 11.7. The Bertz CT molecular complexity index is 239. The van der Waals surface area contributed by atoms with Crippen LogP contribution in [0.4, 0.5) is 0 Å². The SMILES string of the molecule is CC(C)COCCNC1CCOC2(CCOC2)C1. The number of hydrogen-bond donors (Lipinski definition) is 1. The molecule has 0 bridgehead atoms. The molecule has 0 aromatic carbocycles. The van der Waals surface area contributed by atoms with Crippen LogP contribution in [0.15, 0.2) is 0 Å². The first-order valence-corrected chi connectivity index (χ1v) is 7.23. The average Bonchev–Trinajstić information content (AvgIpc) is 2.76. The Balaban J connectivity index is 1.61. The molecule has 0 radical (unpaired) electrons. The number of rotatable bonds is 6. The minimum Gasteiger partial charge on any atom is -0.380 e. The molecule has 2 aliphatic rings. The Hall–Kier alpha value is -0.160. The van der Waals surface area contributed by atoms with Crippen LogP contribution >= 0.6 is 0 Å². The van der Waals surface area contributed by atoms with E-state index in [0.29, 0.717) is 12.0 Å². The summed E-state index contributed by atoms with van der Waals surface area (Å²) >= 11 is 0. The minimum atomic E-state index is 0.00864. The van der Waals surface area contributed by atoms with Crippen molar-refractivity contribution in [2.45, 2.75) is 44.8 Å². The molecule has 1 spiro atoms. The summed E-state index contributed by atoms with van der Waals surface area (Å²) in [5.74, 6) is 0.618. The van der Waals surface area contributed by atoms with E-state index in [2.05, 4.69) is 19.2 Å². The molecule has 2 atom stereocenters. The van der Waals surface area contributed by atoms with Crippen molar-refractivity contribution in [2.75, 3.05) is 39.6 Å². The second-order valence-electron chi connectivity index (χ2n) is 5.95. The van der Waals surface area contributed by atoms with E-state index in [4.69, 9.17) is 14.2 Å². The molecule has 2 heterocycles. The standard InChI is InChI=1S/C14H27NO3/c1-12(2)10-16-8-5-15-13-3-6-18-14(9-13)4-7-17-11-14/h12-13,15H,3-11H2,1-2H3. The fraction of sp³-hybridized carbons (Fsp3) is 1.00. The molecule has 1 N–H and O–H groups in total. The monoisotopic (exact) mass is 257 g/mol. The normalized spacial score (nSPS) is 32.5. The molecule has 0 aliphatic carbocycles. The molecule has 4 nitrogen and oxygen atoms in total. The highest BCUT2D eigenvalue weighted by atomic mass is 16.6. The van der Waals surface area contributed by atoms with Crippen LogP contribution in [0.5, 0.6) is 0 Å². The van der Waals surface area contributed by atoms with Gasteiger partial charge in [-0.05, 0) is 18.8 Å². The van der Waals surface area contributed by atoms with Gasteiger partial charge in [-0.15, -0.1) is 0 Å². The van der Waals surface area contributed by atoms with E-state index in [1.54, 1.807) is 0 Å². The fourth-order valence-electron chi connectivity index (χ4n) is 2.72. The first-order valence-electron chi connectivity index (χ1n) is 7.23. The molecule has 0 saturated carbocycles. The summed E-state index contributed by atoms with van der Waals surface area (Å²) in [7, 11) is 0. The van der Waals surface area contributed by atoms with Gasteiger partial charge in [-0.2, -0.15) is 0 Å². The van der Waals surface area contributed by atoms with Gasteiger partial charge in [-0.3, -0.25) is 0 Å². The highest BCUT2D eigenvalue weighted by Gasteiger charge is 2.40. The van der Waals surface area contributed by atoms with E-state index in [1.807, 2.05) is 0 Å². The molecule has 2 aliphatic heterocycles. The van der Waals surface area contributed by atoms with Crippen molar-refractivity contribution in [2.24, 2.45) is 5.92 Å². The van der Waals surface area contributed by atoms with E-state index >= 15 is 0 Å². The van der Waals surface area contributed by atoms with Crippen LogP contribution in [0.1, 0.15) is 33.1 Å². The van der Waals surface area contributed by atoms with Crippen LogP contribution in [0.2, 0.25) is 0 Å². The highest BCUT2D eigenvalue weighted by Crippen LogP contribution is 2.32. The van der Waals surface area contributed by atoms with Crippen LogP contribution in [0.3, 0.4) is 0 Å². The number of ether oxygens (including phenoxy) is 3. The van der Waals surface area contributed by atoms with Crippen molar-refractivity contribution in [3.05, 3.63) is 0 Å². The Kier molecular flexibility index (Phi) is 5.42. The van der Waals surface area contributed by atoms with Crippen LogP contribution in [0, 0.1) is 5.92 Å². The maximum atomic E-state index is 5.92. The Morgan fingerprint density at radius 3 is 3.00 bits per heavy atom. The van der Waals surface area contributed by atoms with E-state index in [9.17, 15) is 0 Å². The molecule has 0 amide bonds. The second kappa shape index (κ2) is 6.85. The molecule has 0 aromatic rings. The minimum absolute atomic E-state index is 0.00864. The smallest absolute Gasteiger partial charge is 0.0951 e. The second-order valence-corrected chi connectivity index (χ2v) is 5.95. The van der Waals surface area contributed by atoms with Gasteiger partial charge in [0, 0.05) is 38.8 Å². The van der Waals surface area contributed by atoms with Crippen LogP contribution < -0.4 is 5.32 Å². The fourth-order valence-corrected chi connectivity index (χ4v) is 2.72. The summed E-state index contributed by atoms with van der Waals surface area (Å²) < 4.78 is 17.0. The molecule has 2 unspecified atom stereocenters. The largest absolute Gasteiger partial charge is 0.380 e. The van der Waals surface area contributed by atoms with Gasteiger partial charge >= 0.3 is 0 Å². The van der Waals surface area contributed by atoms with Gasteiger partial charge in [0.25, 0.3) is 0 Å². The first-order chi connectivity index (χ1) is 8.70. The number of hydrogen-bond acceptors (Lipinski definition) is 4. The molecule has 0 aromatic heterocycles. The summed E-state index contributed by atoms with van der Waals surface area (Å²) in [6.07, 6.45) is 3.23. The molecule has 4 heteroatoms. The third-order valence-electron chi connectivity index (χ3n) is 3.69. The molecule has 18 heavy (non-hydrogen) atoms. The molecular weight excluding hydrogens is 230 g/mol. The van der Waals surface area contributed by atoms with Crippen molar-refractivity contribution in [3.8, 4) is 0 Å². The maximum Gasteiger partial charge on any atom is 0.0951 e. The lowest BCUT2D eigenvalue weighted by molar-refractivity contribution is -0.0897. The Labute approximate surface area is 110 Å². The van der Waals surface area contributed by atoms with E-state index in [1.165, 1.54) is 0 Å². The Morgan fingerprint density at radius 2 is 2.28 bits per heavy atom. The van der Waals surface area contributed by atoms with E-state index in [-0.39, 0.29) is 5.60 Å². The predicted molar refractivity (Wildman–Crippen MR) is 70.8 cm³/mol. The van der Waals surface area contributed by atoms with Gasteiger partial charge in [-0.25, -0.2) is 0 Å². The third-order valence-corrected chi connectivity index (χ3v) is 3.69. The lowest BCUT2D eigenvalue weighted by Crippen LogP contribution is -2.48. The van der Waals surface area contributed by atoms with Crippen molar-refractivity contribution >= 4 is 0 Å². The quantitative estimate of drug-likeness (QED) is 0.734. The van der Waals surface area contributed by atoms with Crippen molar-refractivity contribution in [3.63, 3.8) is 0 Å². The molecule has 2 fully saturated rings. The van der Waals surface area contributed by atoms with E-state index < -0.39 is 0 Å². The summed E-state index contributed by atoms with van der Waals surface area (Å²) in [6.45, 7) is 9.43.